The maximum atomic E-state index is 11.4. The minimum absolute atomic E-state index is 0.0650. The van der Waals surface area contributed by atoms with E-state index >= 15 is 0 Å². The van der Waals surface area contributed by atoms with E-state index in [9.17, 15) is 8.42 Å². The Kier molecular flexibility index (Phi) is 6.30. The first-order chi connectivity index (χ1) is 13.3. The van der Waals surface area contributed by atoms with Crippen molar-refractivity contribution in [2.45, 2.75) is 30.6 Å². The zero-order valence-electron chi connectivity index (χ0n) is 16.2. The van der Waals surface area contributed by atoms with Gasteiger partial charge in [0.2, 0.25) is 0 Å². The van der Waals surface area contributed by atoms with Gasteiger partial charge in [-0.25, -0.2) is 8.42 Å². The molecule has 0 saturated heterocycles. The molecule has 2 N–H and O–H groups in total. The second-order valence-electron chi connectivity index (χ2n) is 7.46. The predicted octanol–water partition coefficient (Wildman–Crippen LogP) is 3.28. The van der Waals surface area contributed by atoms with Gasteiger partial charge >= 0.3 is 0 Å². The monoisotopic (exact) mass is 419 g/mol. The molecule has 5 nitrogen and oxygen atoms in total. The number of halogens is 1. The Morgan fingerprint density at radius 1 is 1.11 bits per heavy atom. The molecule has 0 spiro atoms. The van der Waals surface area contributed by atoms with E-state index in [1.54, 1.807) is 7.05 Å². The number of nitrogens with zero attached hydrogens (tertiary/aromatic N) is 1. The number of rotatable bonds is 7. The summed E-state index contributed by atoms with van der Waals surface area (Å²) in [4.78, 5) is 4.30. The predicted molar refractivity (Wildman–Crippen MR) is 116 cm³/mol. The molecule has 0 unspecified atom stereocenters. The molecule has 0 atom stereocenters. The fourth-order valence-electron chi connectivity index (χ4n) is 3.25. The highest BCUT2D eigenvalue weighted by atomic mass is 35.5. The standard InChI is InChI=1S/C21H26ClN3O2S/c1-23-20(24-13-16-6-8-17(9-7-16)14-28(2,26)27)25-15-21(10-11-21)18-4-3-5-19(22)12-18/h3-9,12H,10-11,13-15H2,1-2H3,(H2,23,24,25). The third-order valence-electron chi connectivity index (χ3n) is 5.02. The first-order valence-corrected chi connectivity index (χ1v) is 11.7. The van der Waals surface area contributed by atoms with Crippen LogP contribution in [-0.4, -0.2) is 34.2 Å². The summed E-state index contributed by atoms with van der Waals surface area (Å²) in [6.45, 7) is 1.42. The smallest absolute Gasteiger partial charge is 0.191 e. The largest absolute Gasteiger partial charge is 0.356 e. The lowest BCUT2D eigenvalue weighted by atomic mass is 9.96. The lowest BCUT2D eigenvalue weighted by Gasteiger charge is -2.19. The Balaban J connectivity index is 1.53. The molecular formula is C21H26ClN3O2S. The Morgan fingerprint density at radius 3 is 2.36 bits per heavy atom. The summed E-state index contributed by atoms with van der Waals surface area (Å²) in [7, 11) is -1.26. The van der Waals surface area contributed by atoms with E-state index in [2.05, 4.69) is 21.7 Å². The molecule has 1 aliphatic carbocycles. The maximum absolute atomic E-state index is 11.4. The molecule has 0 aliphatic heterocycles. The van der Waals surface area contributed by atoms with Crippen LogP contribution in [0.3, 0.4) is 0 Å². The number of hydrogen-bond acceptors (Lipinski definition) is 3. The van der Waals surface area contributed by atoms with Gasteiger partial charge in [0, 0.05) is 36.8 Å². The molecule has 2 aromatic rings. The molecule has 0 aromatic heterocycles. The minimum Gasteiger partial charge on any atom is -0.356 e. The summed E-state index contributed by atoms with van der Waals surface area (Å²) in [5.41, 5.74) is 3.27. The molecular weight excluding hydrogens is 394 g/mol. The normalized spacial score (nSPS) is 15.9. The summed E-state index contributed by atoms with van der Waals surface area (Å²) in [5, 5.41) is 7.50. The van der Waals surface area contributed by atoms with E-state index in [1.165, 1.54) is 11.8 Å². The van der Waals surface area contributed by atoms with Gasteiger partial charge in [-0.05, 0) is 41.7 Å². The molecule has 0 heterocycles. The molecule has 1 fully saturated rings. The summed E-state index contributed by atoms with van der Waals surface area (Å²) < 4.78 is 22.7. The van der Waals surface area contributed by atoms with Crippen LogP contribution >= 0.6 is 11.6 Å². The molecule has 0 amide bonds. The first-order valence-electron chi connectivity index (χ1n) is 9.26. The number of sulfone groups is 1. The van der Waals surface area contributed by atoms with Crippen LogP contribution in [0.5, 0.6) is 0 Å². The van der Waals surface area contributed by atoms with Crippen molar-refractivity contribution in [3.63, 3.8) is 0 Å². The van der Waals surface area contributed by atoms with Crippen molar-refractivity contribution in [1.29, 1.82) is 0 Å². The van der Waals surface area contributed by atoms with Crippen LogP contribution in [0, 0.1) is 0 Å². The zero-order chi connectivity index (χ0) is 20.2. The fourth-order valence-corrected chi connectivity index (χ4v) is 4.24. The van der Waals surface area contributed by atoms with E-state index in [1.807, 2.05) is 42.5 Å². The zero-order valence-corrected chi connectivity index (χ0v) is 17.8. The quantitative estimate of drug-likeness (QED) is 0.533. The third-order valence-corrected chi connectivity index (χ3v) is 6.11. The Morgan fingerprint density at radius 2 is 1.79 bits per heavy atom. The van der Waals surface area contributed by atoms with Crippen molar-refractivity contribution < 1.29 is 8.42 Å². The van der Waals surface area contributed by atoms with E-state index in [4.69, 9.17) is 11.6 Å². The van der Waals surface area contributed by atoms with Crippen molar-refractivity contribution >= 4 is 27.4 Å². The van der Waals surface area contributed by atoms with Crippen LogP contribution in [-0.2, 0) is 27.5 Å². The SMILES string of the molecule is CN=C(NCc1ccc(CS(C)(=O)=O)cc1)NCC1(c2cccc(Cl)c2)CC1. The molecule has 0 bridgehead atoms. The van der Waals surface area contributed by atoms with Crippen LogP contribution in [0.4, 0.5) is 0 Å². The lowest BCUT2D eigenvalue weighted by molar-refractivity contribution is 0.601. The fraction of sp³-hybridized carbons (Fsp3) is 0.381. The van der Waals surface area contributed by atoms with E-state index in [0.717, 1.165) is 41.5 Å². The van der Waals surface area contributed by atoms with Gasteiger partial charge in [-0.1, -0.05) is 48.0 Å². The van der Waals surface area contributed by atoms with Crippen LogP contribution in [0.15, 0.2) is 53.5 Å². The van der Waals surface area contributed by atoms with Crippen LogP contribution in [0.1, 0.15) is 29.5 Å². The number of guanidine groups is 1. The van der Waals surface area contributed by atoms with Gasteiger partial charge in [-0.3, -0.25) is 4.99 Å². The number of hydrogen-bond donors (Lipinski definition) is 2. The highest BCUT2D eigenvalue weighted by Crippen LogP contribution is 2.48. The van der Waals surface area contributed by atoms with Gasteiger partial charge in [-0.15, -0.1) is 0 Å². The number of aliphatic imine (C=N–C) groups is 1. The molecule has 1 saturated carbocycles. The molecule has 28 heavy (non-hydrogen) atoms. The minimum atomic E-state index is -3.01. The van der Waals surface area contributed by atoms with Crippen molar-refractivity contribution in [1.82, 2.24) is 10.6 Å². The van der Waals surface area contributed by atoms with Gasteiger partial charge in [0.1, 0.15) is 0 Å². The van der Waals surface area contributed by atoms with E-state index in [-0.39, 0.29) is 11.2 Å². The van der Waals surface area contributed by atoms with Crippen molar-refractivity contribution in [2.75, 3.05) is 19.8 Å². The summed E-state index contributed by atoms with van der Waals surface area (Å²) in [6.07, 6.45) is 3.52. The molecule has 150 valence electrons. The average Bonchev–Trinajstić information content (AvgIpc) is 3.43. The van der Waals surface area contributed by atoms with Gasteiger partial charge in [0.05, 0.1) is 5.75 Å². The molecule has 1 aliphatic rings. The third kappa shape index (κ3) is 5.72. The first kappa shape index (κ1) is 20.7. The average molecular weight is 420 g/mol. The molecule has 0 radical (unpaired) electrons. The van der Waals surface area contributed by atoms with Gasteiger partial charge in [0.25, 0.3) is 0 Å². The van der Waals surface area contributed by atoms with Crippen LogP contribution < -0.4 is 10.6 Å². The summed E-state index contributed by atoms with van der Waals surface area (Å²) >= 11 is 6.14. The number of nitrogens with one attached hydrogen (secondary N) is 2. The van der Waals surface area contributed by atoms with Gasteiger partial charge in [-0.2, -0.15) is 0 Å². The topological polar surface area (TPSA) is 70.6 Å². The highest BCUT2D eigenvalue weighted by molar-refractivity contribution is 7.89. The van der Waals surface area contributed by atoms with Crippen LogP contribution in [0.25, 0.3) is 0 Å². The second-order valence-corrected chi connectivity index (χ2v) is 10.0. The van der Waals surface area contributed by atoms with Gasteiger partial charge in [0.15, 0.2) is 15.8 Å². The van der Waals surface area contributed by atoms with Gasteiger partial charge < -0.3 is 10.6 Å². The van der Waals surface area contributed by atoms with Crippen LogP contribution in [0.2, 0.25) is 5.02 Å². The Labute approximate surface area is 172 Å². The Hall–Kier alpha value is -2.05. The second kappa shape index (κ2) is 8.53. The van der Waals surface area contributed by atoms with E-state index < -0.39 is 9.84 Å². The highest BCUT2D eigenvalue weighted by Gasteiger charge is 2.44. The molecule has 7 heteroatoms. The summed E-state index contributed by atoms with van der Waals surface area (Å²) in [6, 6.07) is 15.7. The Bertz CT molecular complexity index is 952. The van der Waals surface area contributed by atoms with Crippen molar-refractivity contribution in [3.8, 4) is 0 Å². The lowest BCUT2D eigenvalue weighted by Crippen LogP contribution is -2.40. The van der Waals surface area contributed by atoms with E-state index in [0.29, 0.717) is 6.54 Å². The molecule has 2 aromatic carbocycles. The molecule has 3 rings (SSSR count). The van der Waals surface area contributed by atoms with Crippen molar-refractivity contribution in [2.24, 2.45) is 4.99 Å². The summed E-state index contributed by atoms with van der Waals surface area (Å²) in [5.74, 6) is 0.809. The van der Waals surface area contributed by atoms with Crippen molar-refractivity contribution in [3.05, 3.63) is 70.2 Å². The number of benzene rings is 2. The maximum Gasteiger partial charge on any atom is 0.191 e.